The minimum absolute atomic E-state index is 0.311. The highest BCUT2D eigenvalue weighted by molar-refractivity contribution is 6.56. The molecule has 2 aliphatic heterocycles. The molecule has 0 aromatic rings. The predicted octanol–water partition coefficient (Wildman–Crippen LogP) is 2.57. The molecule has 0 aromatic carbocycles. The minimum atomic E-state index is -0.337. The van der Waals surface area contributed by atoms with Crippen molar-refractivity contribution < 1.29 is 9.31 Å². The van der Waals surface area contributed by atoms with Gasteiger partial charge in [-0.3, -0.25) is 0 Å². The molecule has 0 aromatic heterocycles. The fourth-order valence-electron chi connectivity index (χ4n) is 1.91. The van der Waals surface area contributed by atoms with Gasteiger partial charge in [0.25, 0.3) is 0 Å². The largest absolute Gasteiger partial charge is 0.496 e. The lowest BCUT2D eigenvalue weighted by molar-refractivity contribution is 0.00578. The highest BCUT2D eigenvalue weighted by Crippen LogP contribution is 2.39. The van der Waals surface area contributed by atoms with E-state index in [0.717, 1.165) is 17.0 Å². The highest BCUT2D eigenvalue weighted by atomic mass is 35.5. The summed E-state index contributed by atoms with van der Waals surface area (Å²) in [6, 6.07) is 0. The molecule has 5 heteroatoms. The molecular formula is C12H19BClNO2. The first-order chi connectivity index (χ1) is 7.71. The lowest BCUT2D eigenvalue weighted by Gasteiger charge is -2.32. The Labute approximate surface area is 109 Å². The Morgan fingerprint density at radius 2 is 1.76 bits per heavy atom. The first-order valence-corrected chi connectivity index (χ1v) is 6.23. The standard InChI is InChI=1S/C12H19BClNO2/c1-11(2)12(3,4)17-13(16-11)9-6-10(14)8-15(5)7-9/h6-7H,8H2,1-5H3. The molecule has 0 bridgehead atoms. The van der Waals surface area contributed by atoms with Crippen molar-refractivity contribution in [3.63, 3.8) is 0 Å². The van der Waals surface area contributed by atoms with Crippen molar-refractivity contribution in [1.29, 1.82) is 0 Å². The van der Waals surface area contributed by atoms with Crippen LogP contribution >= 0.6 is 11.6 Å². The smallest absolute Gasteiger partial charge is 0.399 e. The average molecular weight is 256 g/mol. The van der Waals surface area contributed by atoms with Gasteiger partial charge in [0.2, 0.25) is 0 Å². The summed E-state index contributed by atoms with van der Waals surface area (Å²) >= 11 is 6.09. The van der Waals surface area contributed by atoms with E-state index in [1.54, 1.807) is 0 Å². The van der Waals surface area contributed by atoms with Gasteiger partial charge in [-0.05, 0) is 45.4 Å². The van der Waals surface area contributed by atoms with E-state index >= 15 is 0 Å². The summed E-state index contributed by atoms with van der Waals surface area (Å²) in [7, 11) is 1.65. The molecule has 1 saturated heterocycles. The topological polar surface area (TPSA) is 21.7 Å². The molecule has 0 saturated carbocycles. The van der Waals surface area contributed by atoms with Crippen LogP contribution in [0.25, 0.3) is 0 Å². The van der Waals surface area contributed by atoms with Gasteiger partial charge >= 0.3 is 7.12 Å². The Balaban J connectivity index is 2.22. The van der Waals surface area contributed by atoms with Gasteiger partial charge in [-0.2, -0.15) is 0 Å². The quantitative estimate of drug-likeness (QED) is 0.672. The van der Waals surface area contributed by atoms with Crippen LogP contribution in [0.3, 0.4) is 0 Å². The van der Waals surface area contributed by atoms with Gasteiger partial charge in [-0.1, -0.05) is 11.6 Å². The van der Waals surface area contributed by atoms with Crippen LogP contribution < -0.4 is 0 Å². The van der Waals surface area contributed by atoms with Gasteiger partial charge in [-0.25, -0.2) is 0 Å². The average Bonchev–Trinajstić information content (AvgIpc) is 2.34. The maximum absolute atomic E-state index is 6.09. The first kappa shape index (κ1) is 13.0. The van der Waals surface area contributed by atoms with Crippen LogP contribution in [-0.4, -0.2) is 36.8 Å². The molecule has 0 spiro atoms. The molecule has 0 radical (unpaired) electrons. The second-order valence-electron chi connectivity index (χ2n) is 5.72. The monoisotopic (exact) mass is 255 g/mol. The van der Waals surface area contributed by atoms with Gasteiger partial charge in [0.1, 0.15) is 0 Å². The lowest BCUT2D eigenvalue weighted by atomic mass is 9.77. The van der Waals surface area contributed by atoms with E-state index in [-0.39, 0.29) is 18.3 Å². The third-order valence-corrected chi connectivity index (χ3v) is 3.85. The molecule has 2 aliphatic rings. The zero-order valence-electron chi connectivity index (χ0n) is 11.1. The van der Waals surface area contributed by atoms with E-state index in [0.29, 0.717) is 0 Å². The fourth-order valence-corrected chi connectivity index (χ4v) is 2.22. The molecular weight excluding hydrogens is 236 g/mol. The molecule has 2 rings (SSSR count). The second-order valence-corrected chi connectivity index (χ2v) is 6.21. The van der Waals surface area contributed by atoms with E-state index in [9.17, 15) is 0 Å². The fraction of sp³-hybridized carbons (Fsp3) is 0.667. The van der Waals surface area contributed by atoms with Crippen molar-refractivity contribution in [2.45, 2.75) is 38.9 Å². The molecule has 17 heavy (non-hydrogen) atoms. The van der Waals surface area contributed by atoms with Crippen LogP contribution in [0.4, 0.5) is 0 Å². The van der Waals surface area contributed by atoms with Gasteiger partial charge in [0.05, 0.1) is 17.7 Å². The third kappa shape index (κ3) is 2.39. The number of allylic oxidation sites excluding steroid dienone is 2. The van der Waals surface area contributed by atoms with Crippen molar-refractivity contribution in [1.82, 2.24) is 4.90 Å². The van der Waals surface area contributed by atoms with Crippen LogP contribution in [-0.2, 0) is 9.31 Å². The molecule has 1 fully saturated rings. The maximum Gasteiger partial charge on any atom is 0.496 e. The number of hydrogen-bond donors (Lipinski definition) is 0. The van der Waals surface area contributed by atoms with Crippen LogP contribution in [0.5, 0.6) is 0 Å². The predicted molar refractivity (Wildman–Crippen MR) is 70.7 cm³/mol. The highest BCUT2D eigenvalue weighted by Gasteiger charge is 2.52. The summed E-state index contributed by atoms with van der Waals surface area (Å²) in [6.45, 7) is 8.93. The molecule has 0 N–H and O–H groups in total. The van der Waals surface area contributed by atoms with Gasteiger partial charge in [0.15, 0.2) is 0 Å². The van der Waals surface area contributed by atoms with Gasteiger partial charge < -0.3 is 14.2 Å². The molecule has 0 amide bonds. The Bertz CT molecular complexity index is 374. The summed E-state index contributed by atoms with van der Waals surface area (Å²) in [5, 5.41) is 0.805. The molecule has 0 aliphatic carbocycles. The van der Waals surface area contributed by atoms with Crippen LogP contribution in [0, 0.1) is 0 Å². The van der Waals surface area contributed by atoms with E-state index in [1.807, 2.05) is 51.9 Å². The number of hydrogen-bond acceptors (Lipinski definition) is 3. The Morgan fingerprint density at radius 3 is 2.24 bits per heavy atom. The molecule has 2 heterocycles. The van der Waals surface area contributed by atoms with Gasteiger partial charge in [0, 0.05) is 12.1 Å². The van der Waals surface area contributed by atoms with Crippen molar-refractivity contribution >= 4 is 18.7 Å². The summed E-state index contributed by atoms with van der Waals surface area (Å²) in [6.07, 6.45) is 3.96. The zero-order chi connectivity index (χ0) is 12.8. The van der Waals surface area contributed by atoms with Crippen molar-refractivity contribution in [3.8, 4) is 0 Å². The van der Waals surface area contributed by atoms with Crippen molar-refractivity contribution in [2.75, 3.05) is 13.6 Å². The first-order valence-electron chi connectivity index (χ1n) is 5.85. The maximum atomic E-state index is 6.09. The van der Waals surface area contributed by atoms with Crippen molar-refractivity contribution in [3.05, 3.63) is 22.8 Å². The normalized spacial score (nSPS) is 26.9. The summed E-state index contributed by atoms with van der Waals surface area (Å²) in [4.78, 5) is 2.03. The third-order valence-electron chi connectivity index (χ3n) is 3.62. The van der Waals surface area contributed by atoms with Crippen LogP contribution in [0.1, 0.15) is 27.7 Å². The molecule has 94 valence electrons. The number of likely N-dealkylation sites (N-methyl/N-ethyl adjacent to an activating group) is 1. The van der Waals surface area contributed by atoms with E-state index in [4.69, 9.17) is 20.9 Å². The Hall–Kier alpha value is -0.445. The van der Waals surface area contributed by atoms with Crippen LogP contribution in [0.2, 0.25) is 0 Å². The van der Waals surface area contributed by atoms with E-state index < -0.39 is 0 Å². The molecule has 3 nitrogen and oxygen atoms in total. The Morgan fingerprint density at radius 1 is 1.24 bits per heavy atom. The van der Waals surface area contributed by atoms with Crippen LogP contribution in [0.15, 0.2) is 22.8 Å². The van der Waals surface area contributed by atoms with Crippen molar-refractivity contribution in [2.24, 2.45) is 0 Å². The SMILES string of the molecule is CN1C=C(B2OC(C)(C)C(C)(C)O2)C=C(Cl)C1. The summed E-state index contributed by atoms with van der Waals surface area (Å²) in [5.41, 5.74) is 0.353. The molecule has 0 atom stereocenters. The zero-order valence-corrected chi connectivity index (χ0v) is 11.8. The number of halogens is 1. The van der Waals surface area contributed by atoms with E-state index in [1.165, 1.54) is 0 Å². The van der Waals surface area contributed by atoms with E-state index in [2.05, 4.69) is 0 Å². The second kappa shape index (κ2) is 4.04. The number of nitrogens with zero attached hydrogens (tertiary/aromatic N) is 1. The summed E-state index contributed by atoms with van der Waals surface area (Å²) in [5.74, 6) is 0. The number of rotatable bonds is 1. The summed E-state index contributed by atoms with van der Waals surface area (Å²) < 4.78 is 12.0. The lowest BCUT2D eigenvalue weighted by Crippen LogP contribution is -2.41. The molecule has 0 unspecified atom stereocenters. The Kier molecular flexibility index (Phi) is 3.09. The van der Waals surface area contributed by atoms with Gasteiger partial charge in [-0.15, -0.1) is 0 Å². The minimum Gasteiger partial charge on any atom is -0.399 e.